The lowest BCUT2D eigenvalue weighted by atomic mass is 10.2. The molecule has 0 unspecified atom stereocenters. The molecule has 0 aliphatic heterocycles. The lowest BCUT2D eigenvalue weighted by Gasteiger charge is -2.14. The van der Waals surface area contributed by atoms with Crippen LogP contribution in [0, 0.1) is 0 Å². The van der Waals surface area contributed by atoms with Gasteiger partial charge in [0.1, 0.15) is 6.61 Å². The zero-order chi connectivity index (χ0) is 14.8. The first-order chi connectivity index (χ1) is 9.63. The molecule has 0 heterocycles. The lowest BCUT2D eigenvalue weighted by molar-refractivity contribution is -0.141. The van der Waals surface area contributed by atoms with Crippen molar-refractivity contribution in [3.05, 3.63) is 35.9 Å². The maximum atomic E-state index is 11.5. The van der Waals surface area contributed by atoms with Crippen molar-refractivity contribution < 1.29 is 24.2 Å². The van der Waals surface area contributed by atoms with Gasteiger partial charge in [-0.05, 0) is 12.0 Å². The molecule has 0 aliphatic rings. The van der Waals surface area contributed by atoms with Gasteiger partial charge in [-0.25, -0.2) is 9.59 Å². The third-order valence-corrected chi connectivity index (χ3v) is 2.44. The molecule has 1 amide bonds. The van der Waals surface area contributed by atoms with Crippen molar-refractivity contribution >= 4 is 12.1 Å². The molecule has 1 aromatic carbocycles. The van der Waals surface area contributed by atoms with Crippen molar-refractivity contribution in [2.24, 2.45) is 0 Å². The number of carboxylic acid groups (broad SMARTS) is 1. The Kier molecular flexibility index (Phi) is 7.13. The van der Waals surface area contributed by atoms with Crippen LogP contribution in [0.15, 0.2) is 30.3 Å². The van der Waals surface area contributed by atoms with E-state index in [-0.39, 0.29) is 13.2 Å². The second-order valence-electron chi connectivity index (χ2n) is 4.17. The number of alkyl carbamates (subject to hydrolysis) is 1. The standard InChI is InChI=1S/C14H19NO5/c1-2-8-19-10-12(13(16)17)15-14(18)20-9-11-6-4-3-5-7-11/h3-7,12H,2,8-10H2,1H3,(H,15,18)(H,16,17)/t12-/m0/s1. The SMILES string of the molecule is CCCOC[C@H](NC(=O)OCc1ccccc1)C(=O)O. The van der Waals surface area contributed by atoms with Crippen LogP contribution in [0.4, 0.5) is 4.79 Å². The number of hydrogen-bond donors (Lipinski definition) is 2. The fourth-order valence-electron chi connectivity index (χ4n) is 1.43. The van der Waals surface area contributed by atoms with Crippen LogP contribution < -0.4 is 5.32 Å². The minimum Gasteiger partial charge on any atom is -0.480 e. The van der Waals surface area contributed by atoms with Crippen molar-refractivity contribution in [3.63, 3.8) is 0 Å². The third-order valence-electron chi connectivity index (χ3n) is 2.44. The molecule has 1 aromatic rings. The number of rotatable bonds is 8. The first kappa shape index (κ1) is 16.0. The van der Waals surface area contributed by atoms with Crippen molar-refractivity contribution in [1.29, 1.82) is 0 Å². The van der Waals surface area contributed by atoms with Crippen LogP contribution in [-0.4, -0.2) is 36.4 Å². The lowest BCUT2D eigenvalue weighted by Crippen LogP contribution is -2.44. The summed E-state index contributed by atoms with van der Waals surface area (Å²) in [5.41, 5.74) is 0.830. The minimum atomic E-state index is -1.15. The highest BCUT2D eigenvalue weighted by molar-refractivity contribution is 5.79. The van der Waals surface area contributed by atoms with E-state index in [0.29, 0.717) is 6.61 Å². The van der Waals surface area contributed by atoms with Gasteiger partial charge >= 0.3 is 12.1 Å². The summed E-state index contributed by atoms with van der Waals surface area (Å²) in [6.45, 7) is 2.38. The molecule has 0 aromatic heterocycles. The number of hydrogen-bond acceptors (Lipinski definition) is 4. The number of carbonyl (C=O) groups is 2. The van der Waals surface area contributed by atoms with Crippen LogP contribution in [0.25, 0.3) is 0 Å². The van der Waals surface area contributed by atoms with Crippen LogP contribution in [0.3, 0.4) is 0 Å². The summed E-state index contributed by atoms with van der Waals surface area (Å²) in [4.78, 5) is 22.5. The van der Waals surface area contributed by atoms with Crippen LogP contribution in [0.5, 0.6) is 0 Å². The summed E-state index contributed by atoms with van der Waals surface area (Å²) in [6, 6.07) is 8.03. The summed E-state index contributed by atoms with van der Waals surface area (Å²) in [6.07, 6.45) is 0.00601. The van der Waals surface area contributed by atoms with E-state index >= 15 is 0 Å². The highest BCUT2D eigenvalue weighted by Gasteiger charge is 2.20. The normalized spacial score (nSPS) is 11.7. The predicted molar refractivity (Wildman–Crippen MR) is 72.3 cm³/mol. The van der Waals surface area contributed by atoms with Gasteiger partial charge in [0.15, 0.2) is 6.04 Å². The number of benzene rings is 1. The number of amides is 1. The van der Waals surface area contributed by atoms with Gasteiger partial charge in [0.2, 0.25) is 0 Å². The number of ether oxygens (including phenoxy) is 2. The van der Waals surface area contributed by atoms with E-state index in [1.807, 2.05) is 37.3 Å². The molecule has 1 atom stereocenters. The van der Waals surface area contributed by atoms with Crippen LogP contribution >= 0.6 is 0 Å². The Morgan fingerprint density at radius 2 is 2.00 bits per heavy atom. The Morgan fingerprint density at radius 1 is 1.30 bits per heavy atom. The molecule has 0 saturated carbocycles. The van der Waals surface area contributed by atoms with Crippen molar-refractivity contribution in [2.45, 2.75) is 26.0 Å². The number of nitrogens with one attached hydrogen (secondary N) is 1. The molecule has 20 heavy (non-hydrogen) atoms. The van der Waals surface area contributed by atoms with Gasteiger partial charge < -0.3 is 19.9 Å². The van der Waals surface area contributed by atoms with Gasteiger partial charge in [0, 0.05) is 6.61 Å². The van der Waals surface area contributed by atoms with Gasteiger partial charge in [-0.1, -0.05) is 37.3 Å². The Labute approximate surface area is 117 Å². The number of carboxylic acids is 1. The molecule has 0 spiro atoms. The summed E-state index contributed by atoms with van der Waals surface area (Å²) in [5, 5.41) is 11.2. The second kappa shape index (κ2) is 8.92. The smallest absolute Gasteiger partial charge is 0.408 e. The first-order valence-corrected chi connectivity index (χ1v) is 6.41. The fraction of sp³-hybridized carbons (Fsp3) is 0.429. The van der Waals surface area contributed by atoms with E-state index in [4.69, 9.17) is 14.6 Å². The van der Waals surface area contributed by atoms with Crippen LogP contribution in [0.1, 0.15) is 18.9 Å². The van der Waals surface area contributed by atoms with Crippen LogP contribution in [0.2, 0.25) is 0 Å². The molecule has 1 rings (SSSR count). The molecule has 2 N–H and O–H groups in total. The van der Waals surface area contributed by atoms with Crippen molar-refractivity contribution in [3.8, 4) is 0 Å². The molecule has 0 bridgehead atoms. The zero-order valence-corrected chi connectivity index (χ0v) is 11.4. The predicted octanol–water partition coefficient (Wildman–Crippen LogP) is 1.79. The molecule has 0 fully saturated rings. The van der Waals surface area contributed by atoms with E-state index in [2.05, 4.69) is 5.32 Å². The Bertz CT molecular complexity index is 421. The highest BCUT2D eigenvalue weighted by atomic mass is 16.5. The van der Waals surface area contributed by atoms with Gasteiger partial charge in [0.05, 0.1) is 6.61 Å². The average molecular weight is 281 g/mol. The minimum absolute atomic E-state index is 0.0798. The van der Waals surface area contributed by atoms with Crippen molar-refractivity contribution in [2.75, 3.05) is 13.2 Å². The largest absolute Gasteiger partial charge is 0.480 e. The van der Waals surface area contributed by atoms with E-state index in [1.165, 1.54) is 0 Å². The number of carbonyl (C=O) groups excluding carboxylic acids is 1. The molecule has 110 valence electrons. The molecule has 0 aliphatic carbocycles. The molecule has 6 heteroatoms. The molecule has 0 saturated heterocycles. The topological polar surface area (TPSA) is 84.9 Å². The summed E-state index contributed by atoms with van der Waals surface area (Å²) < 4.78 is 10.1. The van der Waals surface area contributed by atoms with E-state index in [0.717, 1.165) is 12.0 Å². The monoisotopic (exact) mass is 281 g/mol. The Morgan fingerprint density at radius 3 is 2.60 bits per heavy atom. The summed E-state index contributed by atoms with van der Waals surface area (Å²) in [5.74, 6) is -1.15. The molecular formula is C14H19NO5. The van der Waals surface area contributed by atoms with Gasteiger partial charge in [0.25, 0.3) is 0 Å². The number of aliphatic carboxylic acids is 1. The highest BCUT2D eigenvalue weighted by Crippen LogP contribution is 2.01. The van der Waals surface area contributed by atoms with E-state index in [1.54, 1.807) is 0 Å². The van der Waals surface area contributed by atoms with Crippen molar-refractivity contribution in [1.82, 2.24) is 5.32 Å². The zero-order valence-electron chi connectivity index (χ0n) is 11.4. The quantitative estimate of drug-likeness (QED) is 0.710. The van der Waals surface area contributed by atoms with Gasteiger partial charge in [-0.15, -0.1) is 0 Å². The fourth-order valence-corrected chi connectivity index (χ4v) is 1.43. The first-order valence-electron chi connectivity index (χ1n) is 6.41. The van der Waals surface area contributed by atoms with E-state index < -0.39 is 18.1 Å². The molecule has 6 nitrogen and oxygen atoms in total. The van der Waals surface area contributed by atoms with E-state index in [9.17, 15) is 9.59 Å². The summed E-state index contributed by atoms with van der Waals surface area (Å²) in [7, 11) is 0. The maximum Gasteiger partial charge on any atom is 0.408 e. The molecule has 0 radical (unpaired) electrons. The third kappa shape index (κ3) is 6.19. The van der Waals surface area contributed by atoms with Crippen LogP contribution in [-0.2, 0) is 20.9 Å². The Balaban J connectivity index is 2.36. The van der Waals surface area contributed by atoms with Gasteiger partial charge in [-0.2, -0.15) is 0 Å². The summed E-state index contributed by atoms with van der Waals surface area (Å²) >= 11 is 0. The molecular weight excluding hydrogens is 262 g/mol. The van der Waals surface area contributed by atoms with Gasteiger partial charge in [-0.3, -0.25) is 0 Å². The average Bonchev–Trinajstić information content (AvgIpc) is 2.45. The second-order valence-corrected chi connectivity index (χ2v) is 4.17. The Hall–Kier alpha value is -2.08. The maximum absolute atomic E-state index is 11.5.